The van der Waals surface area contributed by atoms with E-state index in [0.717, 1.165) is 16.9 Å². The van der Waals surface area contributed by atoms with E-state index in [0.29, 0.717) is 10.6 Å². The molecule has 2 aromatic carbocycles. The molecular formula is C25H24ClN3O5S2. The van der Waals surface area contributed by atoms with E-state index in [1.807, 2.05) is 19.1 Å². The largest absolute Gasteiger partial charge is 0.336 e. The van der Waals surface area contributed by atoms with Crippen molar-refractivity contribution in [3.63, 3.8) is 0 Å². The Morgan fingerprint density at radius 2 is 1.53 bits per heavy atom. The first-order chi connectivity index (χ1) is 17.2. The fourth-order valence-corrected chi connectivity index (χ4v) is 6.02. The van der Waals surface area contributed by atoms with Gasteiger partial charge in [-0.1, -0.05) is 35.4 Å². The normalized spacial score (nSPS) is 14.8. The summed E-state index contributed by atoms with van der Waals surface area (Å²) in [6.07, 6.45) is 0. The van der Waals surface area contributed by atoms with Crippen LogP contribution in [0.1, 0.15) is 25.6 Å². The van der Waals surface area contributed by atoms with Gasteiger partial charge in [-0.25, -0.2) is 8.42 Å². The number of benzene rings is 2. The molecule has 0 spiro atoms. The molecule has 1 atom stereocenters. The van der Waals surface area contributed by atoms with Gasteiger partial charge >= 0.3 is 0 Å². The third-order valence-corrected chi connectivity index (χ3v) is 8.85. The first-order valence-electron chi connectivity index (χ1n) is 11.2. The molecule has 1 aromatic heterocycles. The van der Waals surface area contributed by atoms with Crippen molar-refractivity contribution in [1.82, 2.24) is 15.1 Å². The van der Waals surface area contributed by atoms with Gasteiger partial charge in [-0.2, -0.15) is 0 Å². The molecule has 36 heavy (non-hydrogen) atoms. The molecule has 11 heteroatoms. The molecule has 1 fully saturated rings. The summed E-state index contributed by atoms with van der Waals surface area (Å²) in [4.78, 5) is 42.2. The Morgan fingerprint density at radius 1 is 0.917 bits per heavy atom. The maximum atomic E-state index is 13.5. The number of carbonyl (C=O) groups excluding carboxylic acids is 3. The Labute approximate surface area is 218 Å². The highest BCUT2D eigenvalue weighted by atomic mass is 35.5. The summed E-state index contributed by atoms with van der Waals surface area (Å²) in [7, 11) is -4.29. The lowest BCUT2D eigenvalue weighted by Gasteiger charge is -2.36. The van der Waals surface area contributed by atoms with E-state index in [1.54, 1.807) is 34.5 Å². The highest BCUT2D eigenvalue weighted by molar-refractivity contribution is 7.92. The minimum absolute atomic E-state index is 0.134. The molecule has 1 N–H and O–H groups in total. The Morgan fingerprint density at radius 3 is 2.11 bits per heavy atom. The molecular weight excluding hydrogens is 522 g/mol. The van der Waals surface area contributed by atoms with Gasteiger partial charge < -0.3 is 15.1 Å². The smallest absolute Gasteiger partial charge is 0.262 e. The SMILES string of the molecule is Cc1ccc(C(=O)N2CCN(C(=O)[C@@H](NC(=O)c3cccs3)S(=O)(=O)c3ccc(Cl)cc3)CC2)cc1. The van der Waals surface area contributed by atoms with E-state index < -0.39 is 27.0 Å². The Hall–Kier alpha value is -3.21. The predicted molar refractivity (Wildman–Crippen MR) is 138 cm³/mol. The number of rotatable bonds is 6. The highest BCUT2D eigenvalue weighted by Gasteiger charge is 2.39. The first kappa shape index (κ1) is 25.9. The second-order valence-corrected chi connectivity index (χ2v) is 11.7. The zero-order valence-electron chi connectivity index (χ0n) is 19.4. The molecule has 0 unspecified atom stereocenters. The lowest BCUT2D eigenvalue weighted by molar-refractivity contribution is -0.132. The van der Waals surface area contributed by atoms with E-state index in [4.69, 9.17) is 11.6 Å². The third-order valence-electron chi connectivity index (χ3n) is 5.86. The van der Waals surface area contributed by atoms with Gasteiger partial charge in [0.05, 0.1) is 9.77 Å². The third kappa shape index (κ3) is 5.61. The number of nitrogens with zero attached hydrogens (tertiary/aromatic N) is 2. The van der Waals surface area contributed by atoms with Gasteiger partial charge in [0.25, 0.3) is 17.7 Å². The van der Waals surface area contributed by atoms with E-state index in [-0.39, 0.29) is 41.9 Å². The number of hydrogen-bond acceptors (Lipinski definition) is 6. The summed E-state index contributed by atoms with van der Waals surface area (Å²) in [6.45, 7) is 2.69. The average Bonchev–Trinajstić information content (AvgIpc) is 3.42. The summed E-state index contributed by atoms with van der Waals surface area (Å²) in [5.41, 5.74) is 1.59. The van der Waals surface area contributed by atoms with E-state index in [1.165, 1.54) is 29.2 Å². The van der Waals surface area contributed by atoms with E-state index in [9.17, 15) is 22.8 Å². The van der Waals surface area contributed by atoms with Gasteiger partial charge in [0, 0.05) is 36.8 Å². The molecule has 0 bridgehead atoms. The molecule has 0 aliphatic carbocycles. The number of thiophene rings is 1. The number of aryl methyl sites for hydroxylation is 1. The van der Waals surface area contributed by atoms with Crippen LogP contribution in [0.5, 0.6) is 0 Å². The second kappa shape index (κ2) is 10.8. The van der Waals surface area contributed by atoms with Crippen LogP contribution < -0.4 is 5.32 Å². The topological polar surface area (TPSA) is 104 Å². The molecule has 188 valence electrons. The van der Waals surface area contributed by atoms with Crippen LogP contribution in [0.4, 0.5) is 0 Å². The molecule has 1 aliphatic rings. The number of hydrogen-bond donors (Lipinski definition) is 1. The molecule has 2 heterocycles. The number of piperazine rings is 1. The molecule has 0 radical (unpaired) electrons. The number of nitrogens with one attached hydrogen (secondary N) is 1. The Balaban J connectivity index is 1.53. The van der Waals surface area contributed by atoms with Crippen molar-refractivity contribution in [2.75, 3.05) is 26.2 Å². The van der Waals surface area contributed by atoms with Gasteiger partial charge in [0.15, 0.2) is 0 Å². The fraction of sp³-hybridized carbons (Fsp3) is 0.240. The average molecular weight is 546 g/mol. The minimum Gasteiger partial charge on any atom is -0.336 e. The van der Waals surface area contributed by atoms with Crippen LogP contribution in [0.2, 0.25) is 5.02 Å². The van der Waals surface area contributed by atoms with Crippen molar-refractivity contribution >= 4 is 50.5 Å². The van der Waals surface area contributed by atoms with Crippen molar-refractivity contribution in [1.29, 1.82) is 0 Å². The molecule has 0 saturated carbocycles. The quantitative estimate of drug-likeness (QED) is 0.512. The van der Waals surface area contributed by atoms with Crippen LogP contribution in [0, 0.1) is 6.92 Å². The maximum Gasteiger partial charge on any atom is 0.262 e. The van der Waals surface area contributed by atoms with Crippen molar-refractivity contribution in [3.05, 3.63) is 87.1 Å². The zero-order chi connectivity index (χ0) is 25.9. The van der Waals surface area contributed by atoms with Crippen LogP contribution >= 0.6 is 22.9 Å². The maximum absolute atomic E-state index is 13.5. The van der Waals surface area contributed by atoms with Crippen molar-refractivity contribution in [3.8, 4) is 0 Å². The summed E-state index contributed by atoms with van der Waals surface area (Å²) < 4.78 is 26.9. The lowest BCUT2D eigenvalue weighted by atomic mass is 10.1. The van der Waals surface area contributed by atoms with Gasteiger partial charge in [-0.3, -0.25) is 14.4 Å². The van der Waals surface area contributed by atoms with E-state index >= 15 is 0 Å². The zero-order valence-corrected chi connectivity index (χ0v) is 21.8. The molecule has 3 amide bonds. The molecule has 4 rings (SSSR count). The summed E-state index contributed by atoms with van der Waals surface area (Å²) in [5.74, 6) is -1.57. The van der Waals surface area contributed by atoms with Gasteiger partial charge in [-0.15, -0.1) is 11.3 Å². The number of sulfone groups is 1. The van der Waals surface area contributed by atoms with E-state index in [2.05, 4.69) is 5.32 Å². The molecule has 8 nitrogen and oxygen atoms in total. The molecule has 1 aliphatic heterocycles. The van der Waals surface area contributed by atoms with Gasteiger partial charge in [0.1, 0.15) is 0 Å². The van der Waals surface area contributed by atoms with Crippen LogP contribution in [-0.2, 0) is 14.6 Å². The first-order valence-corrected chi connectivity index (χ1v) is 14.0. The highest BCUT2D eigenvalue weighted by Crippen LogP contribution is 2.21. The fourth-order valence-electron chi connectivity index (χ4n) is 3.80. The number of carbonyl (C=O) groups is 3. The summed E-state index contributed by atoms with van der Waals surface area (Å²) in [5, 5.41) is 2.61. The Kier molecular flexibility index (Phi) is 7.77. The van der Waals surface area contributed by atoms with Crippen molar-refractivity contribution in [2.24, 2.45) is 0 Å². The minimum atomic E-state index is -4.29. The summed E-state index contributed by atoms with van der Waals surface area (Å²) >= 11 is 7.04. The predicted octanol–water partition coefficient (Wildman–Crippen LogP) is 3.22. The standard InChI is InChI=1S/C25H24ClN3O5S2/c1-17-4-6-18(7-5-17)24(31)28-12-14-29(15-13-28)25(32)23(27-22(30)21-3-2-16-35-21)36(33,34)20-10-8-19(26)9-11-20/h2-11,16,23H,12-15H2,1H3,(H,27,30)/t23-/m0/s1. The second-order valence-electron chi connectivity index (χ2n) is 8.31. The van der Waals surface area contributed by atoms with Gasteiger partial charge in [-0.05, 0) is 54.8 Å². The Bertz CT molecular complexity index is 1350. The lowest BCUT2D eigenvalue weighted by Crippen LogP contribution is -2.57. The van der Waals surface area contributed by atoms with Crippen LogP contribution in [0.15, 0.2) is 70.9 Å². The molecule has 3 aromatic rings. The van der Waals surface area contributed by atoms with Crippen LogP contribution in [0.3, 0.4) is 0 Å². The van der Waals surface area contributed by atoms with Gasteiger partial charge in [0.2, 0.25) is 15.2 Å². The van der Waals surface area contributed by atoms with Crippen molar-refractivity contribution in [2.45, 2.75) is 17.2 Å². The van der Waals surface area contributed by atoms with Crippen molar-refractivity contribution < 1.29 is 22.8 Å². The summed E-state index contributed by atoms with van der Waals surface area (Å²) in [6, 6.07) is 15.8. The van der Waals surface area contributed by atoms with Crippen LogP contribution in [-0.4, -0.2) is 67.5 Å². The number of amides is 3. The monoisotopic (exact) mass is 545 g/mol. The number of halogens is 1. The van der Waals surface area contributed by atoms with Crippen LogP contribution in [0.25, 0.3) is 0 Å². The molecule has 1 saturated heterocycles.